The summed E-state index contributed by atoms with van der Waals surface area (Å²) >= 11 is 0. The van der Waals surface area contributed by atoms with E-state index in [0.717, 1.165) is 18.6 Å². The Hall–Kier alpha value is -1.28. The molecule has 0 aromatic heterocycles. The smallest absolute Gasteiger partial charge is 0.119 e. The van der Waals surface area contributed by atoms with Crippen molar-refractivity contribution in [1.29, 1.82) is 0 Å². The van der Waals surface area contributed by atoms with Gasteiger partial charge in [0.1, 0.15) is 5.75 Å². The maximum Gasteiger partial charge on any atom is 0.119 e. The molecule has 0 aliphatic carbocycles. The minimum Gasteiger partial charge on any atom is -0.497 e. The Morgan fingerprint density at radius 1 is 1.44 bits per heavy atom. The molecule has 18 heavy (non-hydrogen) atoms. The minimum absolute atomic E-state index is 0.224. The predicted molar refractivity (Wildman–Crippen MR) is 74.0 cm³/mol. The molecule has 0 bridgehead atoms. The summed E-state index contributed by atoms with van der Waals surface area (Å²) in [6.07, 6.45) is 6.85. The zero-order chi connectivity index (χ0) is 12.6. The molecule has 0 spiro atoms. The highest BCUT2D eigenvalue weighted by Crippen LogP contribution is 2.46. The lowest BCUT2D eigenvalue weighted by Gasteiger charge is -2.43. The SMILES string of the molecule is C=CCC12CCCN1CCc1cc(OC)ccc12. The fourth-order valence-electron chi connectivity index (χ4n) is 3.76. The van der Waals surface area contributed by atoms with Crippen LogP contribution in [-0.2, 0) is 12.0 Å². The molecule has 1 aromatic rings. The average Bonchev–Trinajstić information content (AvgIpc) is 2.82. The first-order valence-electron chi connectivity index (χ1n) is 6.83. The summed E-state index contributed by atoms with van der Waals surface area (Å²) in [4.78, 5) is 2.66. The zero-order valence-corrected chi connectivity index (χ0v) is 11.1. The van der Waals surface area contributed by atoms with Gasteiger partial charge in [-0.1, -0.05) is 12.1 Å². The van der Waals surface area contributed by atoms with Gasteiger partial charge in [0.15, 0.2) is 0 Å². The van der Waals surface area contributed by atoms with Gasteiger partial charge in [-0.25, -0.2) is 0 Å². The van der Waals surface area contributed by atoms with Crippen molar-refractivity contribution in [2.75, 3.05) is 20.2 Å². The summed E-state index contributed by atoms with van der Waals surface area (Å²) in [6.45, 7) is 6.38. The summed E-state index contributed by atoms with van der Waals surface area (Å²) in [5, 5.41) is 0. The van der Waals surface area contributed by atoms with Crippen LogP contribution in [0.25, 0.3) is 0 Å². The van der Waals surface area contributed by atoms with Crippen molar-refractivity contribution in [2.24, 2.45) is 0 Å². The van der Waals surface area contributed by atoms with E-state index in [1.807, 2.05) is 0 Å². The van der Waals surface area contributed by atoms with Gasteiger partial charge < -0.3 is 4.74 Å². The number of rotatable bonds is 3. The van der Waals surface area contributed by atoms with Crippen LogP contribution in [0.3, 0.4) is 0 Å². The number of nitrogens with zero attached hydrogens (tertiary/aromatic N) is 1. The van der Waals surface area contributed by atoms with Crippen molar-refractivity contribution < 1.29 is 4.74 Å². The van der Waals surface area contributed by atoms with Gasteiger partial charge in [0.05, 0.1) is 7.11 Å². The van der Waals surface area contributed by atoms with E-state index in [-0.39, 0.29) is 5.54 Å². The van der Waals surface area contributed by atoms with Crippen LogP contribution < -0.4 is 4.74 Å². The molecule has 1 unspecified atom stereocenters. The average molecular weight is 243 g/mol. The van der Waals surface area contributed by atoms with E-state index in [1.54, 1.807) is 7.11 Å². The molecular weight excluding hydrogens is 222 g/mol. The Balaban J connectivity index is 2.09. The minimum atomic E-state index is 0.224. The van der Waals surface area contributed by atoms with E-state index < -0.39 is 0 Å². The molecule has 2 heteroatoms. The van der Waals surface area contributed by atoms with Crippen LogP contribution in [0.2, 0.25) is 0 Å². The van der Waals surface area contributed by atoms with Gasteiger partial charge in [0.2, 0.25) is 0 Å². The zero-order valence-electron chi connectivity index (χ0n) is 11.1. The Labute approximate surface area is 109 Å². The summed E-state index contributed by atoms with van der Waals surface area (Å²) in [5.41, 5.74) is 3.20. The van der Waals surface area contributed by atoms with Crippen molar-refractivity contribution in [3.8, 4) is 5.75 Å². The Kier molecular flexibility index (Phi) is 2.90. The molecule has 1 aromatic carbocycles. The van der Waals surface area contributed by atoms with E-state index in [4.69, 9.17) is 4.74 Å². The molecule has 2 nitrogen and oxygen atoms in total. The number of fused-ring (bicyclic) bond motifs is 3. The predicted octanol–water partition coefficient (Wildman–Crippen LogP) is 3.12. The first-order chi connectivity index (χ1) is 8.80. The molecule has 0 radical (unpaired) electrons. The second-order valence-electron chi connectivity index (χ2n) is 5.39. The molecule has 0 amide bonds. The highest BCUT2D eigenvalue weighted by Gasteiger charge is 2.44. The molecule has 1 atom stereocenters. The van der Waals surface area contributed by atoms with E-state index in [2.05, 4.69) is 35.8 Å². The summed E-state index contributed by atoms with van der Waals surface area (Å²) in [6, 6.07) is 6.59. The van der Waals surface area contributed by atoms with Gasteiger partial charge in [-0.3, -0.25) is 4.90 Å². The van der Waals surface area contributed by atoms with Gasteiger partial charge in [0.25, 0.3) is 0 Å². The summed E-state index contributed by atoms with van der Waals surface area (Å²) in [5.74, 6) is 0.981. The molecule has 2 heterocycles. The van der Waals surface area contributed by atoms with Gasteiger partial charge in [-0.05, 0) is 55.5 Å². The monoisotopic (exact) mass is 243 g/mol. The molecule has 3 rings (SSSR count). The van der Waals surface area contributed by atoms with Gasteiger partial charge in [-0.15, -0.1) is 6.58 Å². The van der Waals surface area contributed by atoms with Crippen molar-refractivity contribution in [3.05, 3.63) is 42.0 Å². The van der Waals surface area contributed by atoms with Crippen LogP contribution in [0.5, 0.6) is 5.75 Å². The largest absolute Gasteiger partial charge is 0.497 e. The van der Waals surface area contributed by atoms with Gasteiger partial charge in [0, 0.05) is 12.1 Å². The van der Waals surface area contributed by atoms with E-state index in [9.17, 15) is 0 Å². The second-order valence-corrected chi connectivity index (χ2v) is 5.39. The fourth-order valence-corrected chi connectivity index (χ4v) is 3.76. The van der Waals surface area contributed by atoms with Gasteiger partial charge in [-0.2, -0.15) is 0 Å². The summed E-state index contributed by atoms with van der Waals surface area (Å²) < 4.78 is 5.35. The highest BCUT2D eigenvalue weighted by atomic mass is 16.5. The molecule has 96 valence electrons. The Morgan fingerprint density at radius 2 is 2.33 bits per heavy atom. The third-order valence-electron chi connectivity index (χ3n) is 4.57. The molecule has 0 N–H and O–H groups in total. The number of benzene rings is 1. The van der Waals surface area contributed by atoms with Crippen LogP contribution >= 0.6 is 0 Å². The molecule has 2 aliphatic heterocycles. The van der Waals surface area contributed by atoms with Crippen LogP contribution in [0.15, 0.2) is 30.9 Å². The Morgan fingerprint density at radius 3 is 3.11 bits per heavy atom. The molecular formula is C16H21NO. The molecule has 2 aliphatic rings. The van der Waals surface area contributed by atoms with Crippen molar-refractivity contribution >= 4 is 0 Å². The number of hydrogen-bond acceptors (Lipinski definition) is 2. The second kappa shape index (κ2) is 4.43. The molecule has 1 fully saturated rings. The maximum absolute atomic E-state index is 5.35. The first kappa shape index (κ1) is 11.8. The number of hydrogen-bond donors (Lipinski definition) is 0. The Bertz CT molecular complexity index is 468. The molecule has 1 saturated heterocycles. The molecule has 0 saturated carbocycles. The fraction of sp³-hybridized carbons (Fsp3) is 0.500. The normalized spacial score (nSPS) is 26.5. The highest BCUT2D eigenvalue weighted by molar-refractivity contribution is 5.43. The quantitative estimate of drug-likeness (QED) is 0.756. The first-order valence-corrected chi connectivity index (χ1v) is 6.83. The van der Waals surface area contributed by atoms with Crippen molar-refractivity contribution in [2.45, 2.75) is 31.2 Å². The van der Waals surface area contributed by atoms with Crippen LogP contribution in [0.4, 0.5) is 0 Å². The van der Waals surface area contributed by atoms with Crippen LogP contribution in [0.1, 0.15) is 30.4 Å². The lowest BCUT2D eigenvalue weighted by molar-refractivity contribution is 0.126. The van der Waals surface area contributed by atoms with E-state index in [0.29, 0.717) is 0 Å². The maximum atomic E-state index is 5.35. The lowest BCUT2D eigenvalue weighted by Crippen LogP contribution is -2.46. The van der Waals surface area contributed by atoms with E-state index in [1.165, 1.54) is 37.1 Å². The number of ether oxygens (including phenoxy) is 1. The summed E-state index contributed by atoms with van der Waals surface area (Å²) in [7, 11) is 1.74. The third kappa shape index (κ3) is 1.59. The van der Waals surface area contributed by atoms with Crippen molar-refractivity contribution in [1.82, 2.24) is 4.90 Å². The van der Waals surface area contributed by atoms with Gasteiger partial charge >= 0.3 is 0 Å². The van der Waals surface area contributed by atoms with E-state index >= 15 is 0 Å². The standard InChI is InChI=1S/C16H21NO/c1-3-8-16-9-4-10-17(16)11-7-13-12-14(18-2)5-6-15(13)16/h3,5-6,12H,1,4,7-11H2,2H3. The lowest BCUT2D eigenvalue weighted by atomic mass is 9.78. The number of methoxy groups -OCH3 is 1. The van der Waals surface area contributed by atoms with Crippen molar-refractivity contribution in [3.63, 3.8) is 0 Å². The van der Waals surface area contributed by atoms with Crippen LogP contribution in [-0.4, -0.2) is 25.1 Å². The topological polar surface area (TPSA) is 12.5 Å². The van der Waals surface area contributed by atoms with Crippen LogP contribution in [0, 0.1) is 0 Å². The third-order valence-corrected chi connectivity index (χ3v) is 4.57.